The first kappa shape index (κ1) is 12.8. The van der Waals surface area contributed by atoms with Crippen molar-refractivity contribution in [3.63, 3.8) is 0 Å². The summed E-state index contributed by atoms with van der Waals surface area (Å²) >= 11 is 6.41. The number of hydrogen-bond donors (Lipinski definition) is 0. The van der Waals surface area contributed by atoms with Crippen LogP contribution < -0.4 is 0 Å². The van der Waals surface area contributed by atoms with E-state index in [0.717, 1.165) is 12.8 Å². The maximum Gasteiger partial charge on any atom is 0.0729 e. The third kappa shape index (κ3) is 3.38. The summed E-state index contributed by atoms with van der Waals surface area (Å²) in [5.74, 6) is 0.620. The van der Waals surface area contributed by atoms with Crippen molar-refractivity contribution in [1.82, 2.24) is 0 Å². The summed E-state index contributed by atoms with van der Waals surface area (Å²) in [6, 6.07) is 0. The van der Waals surface area contributed by atoms with E-state index in [1.807, 2.05) is 0 Å². The van der Waals surface area contributed by atoms with Crippen LogP contribution in [0.2, 0.25) is 0 Å². The first-order chi connectivity index (χ1) is 6.84. The molecule has 1 aliphatic rings. The van der Waals surface area contributed by atoms with Gasteiger partial charge in [0.1, 0.15) is 0 Å². The second-order valence-electron chi connectivity index (χ2n) is 5.62. The van der Waals surface area contributed by atoms with Crippen molar-refractivity contribution in [1.29, 1.82) is 0 Å². The van der Waals surface area contributed by atoms with Crippen LogP contribution in [0.3, 0.4) is 0 Å². The topological polar surface area (TPSA) is 0 Å². The Bertz CT molecular complexity index is 278. The zero-order valence-corrected chi connectivity index (χ0v) is 11.4. The monoisotopic (exact) mass is 226 g/mol. The first-order valence-corrected chi connectivity index (χ1v) is 6.34. The number of allylic oxidation sites excluding steroid dienone is 4. The molecule has 15 heavy (non-hydrogen) atoms. The summed E-state index contributed by atoms with van der Waals surface area (Å²) < 4.78 is 0. The Labute approximate surface area is 99.4 Å². The highest BCUT2D eigenvalue weighted by Crippen LogP contribution is 2.36. The molecule has 0 bridgehead atoms. The van der Waals surface area contributed by atoms with E-state index in [1.165, 1.54) is 11.1 Å². The van der Waals surface area contributed by atoms with Crippen molar-refractivity contribution in [2.45, 2.75) is 52.8 Å². The third-order valence-electron chi connectivity index (χ3n) is 3.11. The summed E-state index contributed by atoms with van der Waals surface area (Å²) in [4.78, 5) is 0. The Kier molecular flexibility index (Phi) is 4.06. The molecule has 0 aromatic heterocycles. The lowest BCUT2D eigenvalue weighted by molar-refractivity contribution is 0.464. The van der Waals surface area contributed by atoms with Crippen molar-refractivity contribution in [3.05, 3.63) is 23.3 Å². The molecular weight excluding hydrogens is 204 g/mol. The number of hydrogen-bond acceptors (Lipinski definition) is 0. The smallest absolute Gasteiger partial charge is 0.0729 e. The molecule has 1 heteroatoms. The molecule has 2 atom stereocenters. The highest BCUT2D eigenvalue weighted by atomic mass is 35.5. The quantitative estimate of drug-likeness (QED) is 0.439. The van der Waals surface area contributed by atoms with E-state index in [1.54, 1.807) is 0 Å². The Morgan fingerprint density at radius 1 is 1.33 bits per heavy atom. The summed E-state index contributed by atoms with van der Waals surface area (Å²) in [6.07, 6.45) is 6.83. The van der Waals surface area contributed by atoms with Crippen LogP contribution >= 0.6 is 11.6 Å². The van der Waals surface area contributed by atoms with Gasteiger partial charge >= 0.3 is 0 Å². The van der Waals surface area contributed by atoms with Gasteiger partial charge in [0, 0.05) is 0 Å². The third-order valence-corrected chi connectivity index (χ3v) is 3.52. The van der Waals surface area contributed by atoms with Gasteiger partial charge < -0.3 is 0 Å². The minimum atomic E-state index is 0.106. The summed E-state index contributed by atoms with van der Waals surface area (Å²) in [6.45, 7) is 11.3. The lowest BCUT2D eigenvalue weighted by Gasteiger charge is -2.24. The fraction of sp³-hybridized carbons (Fsp3) is 0.714. The SMILES string of the molecule is CCC1=CC(C)CC(C(C)(C)C)=CC1Cl. The molecule has 1 rings (SSSR count). The molecule has 0 saturated carbocycles. The molecule has 0 aliphatic heterocycles. The van der Waals surface area contributed by atoms with Crippen molar-refractivity contribution in [2.24, 2.45) is 11.3 Å². The van der Waals surface area contributed by atoms with Gasteiger partial charge in [-0.2, -0.15) is 0 Å². The Morgan fingerprint density at radius 2 is 1.93 bits per heavy atom. The Hall–Kier alpha value is -0.230. The number of alkyl halides is 1. The van der Waals surface area contributed by atoms with E-state index in [0.29, 0.717) is 5.92 Å². The molecule has 0 amide bonds. The molecular formula is C14H23Cl. The summed E-state index contributed by atoms with van der Waals surface area (Å²) in [7, 11) is 0. The zero-order chi connectivity index (χ0) is 11.6. The van der Waals surface area contributed by atoms with E-state index in [2.05, 4.69) is 46.8 Å². The Balaban J connectivity index is 2.99. The van der Waals surface area contributed by atoms with Crippen LogP contribution in [0.25, 0.3) is 0 Å². The van der Waals surface area contributed by atoms with Crippen molar-refractivity contribution >= 4 is 11.6 Å². The van der Waals surface area contributed by atoms with Crippen LogP contribution in [0.4, 0.5) is 0 Å². The molecule has 0 nitrogen and oxygen atoms in total. The van der Waals surface area contributed by atoms with E-state index in [-0.39, 0.29) is 10.8 Å². The van der Waals surface area contributed by atoms with Crippen molar-refractivity contribution < 1.29 is 0 Å². The van der Waals surface area contributed by atoms with Gasteiger partial charge in [-0.05, 0) is 24.2 Å². The molecule has 0 aromatic rings. The minimum Gasteiger partial charge on any atom is -0.114 e. The van der Waals surface area contributed by atoms with Gasteiger partial charge in [-0.1, -0.05) is 57.9 Å². The predicted octanol–water partition coefficient (Wildman–Crippen LogP) is 4.94. The molecule has 0 spiro atoms. The van der Waals surface area contributed by atoms with Gasteiger partial charge in [-0.15, -0.1) is 11.6 Å². The van der Waals surface area contributed by atoms with E-state index >= 15 is 0 Å². The van der Waals surface area contributed by atoms with Crippen molar-refractivity contribution in [2.75, 3.05) is 0 Å². The highest BCUT2D eigenvalue weighted by Gasteiger charge is 2.23. The van der Waals surface area contributed by atoms with Gasteiger partial charge in [-0.3, -0.25) is 0 Å². The first-order valence-electron chi connectivity index (χ1n) is 5.90. The van der Waals surface area contributed by atoms with Gasteiger partial charge in [-0.25, -0.2) is 0 Å². The second-order valence-corrected chi connectivity index (χ2v) is 6.09. The van der Waals surface area contributed by atoms with Gasteiger partial charge in [0.25, 0.3) is 0 Å². The van der Waals surface area contributed by atoms with E-state index < -0.39 is 0 Å². The molecule has 0 saturated heterocycles. The van der Waals surface area contributed by atoms with Crippen LogP contribution in [-0.4, -0.2) is 5.38 Å². The largest absolute Gasteiger partial charge is 0.114 e. The molecule has 86 valence electrons. The fourth-order valence-corrected chi connectivity index (χ4v) is 2.46. The van der Waals surface area contributed by atoms with Gasteiger partial charge in [0.2, 0.25) is 0 Å². The second kappa shape index (κ2) is 4.74. The molecule has 0 heterocycles. The molecule has 0 N–H and O–H groups in total. The molecule has 0 radical (unpaired) electrons. The minimum absolute atomic E-state index is 0.106. The summed E-state index contributed by atoms with van der Waals surface area (Å²) in [5, 5.41) is 0.106. The molecule has 1 aliphatic carbocycles. The predicted molar refractivity (Wildman–Crippen MR) is 69.3 cm³/mol. The lowest BCUT2D eigenvalue weighted by atomic mass is 9.82. The van der Waals surface area contributed by atoms with Crippen LogP contribution in [0.15, 0.2) is 23.3 Å². The molecule has 2 unspecified atom stereocenters. The normalized spacial score (nSPS) is 28.1. The fourth-order valence-electron chi connectivity index (χ4n) is 2.08. The van der Waals surface area contributed by atoms with Gasteiger partial charge in [0.15, 0.2) is 0 Å². The molecule has 0 fully saturated rings. The van der Waals surface area contributed by atoms with E-state index in [4.69, 9.17) is 11.6 Å². The van der Waals surface area contributed by atoms with Crippen LogP contribution in [0, 0.1) is 11.3 Å². The highest BCUT2D eigenvalue weighted by molar-refractivity contribution is 6.23. The molecule has 0 aromatic carbocycles. The zero-order valence-electron chi connectivity index (χ0n) is 10.6. The van der Waals surface area contributed by atoms with Gasteiger partial charge in [0.05, 0.1) is 5.38 Å². The maximum absolute atomic E-state index is 6.41. The average molecular weight is 227 g/mol. The van der Waals surface area contributed by atoms with E-state index in [9.17, 15) is 0 Å². The van der Waals surface area contributed by atoms with Crippen LogP contribution in [-0.2, 0) is 0 Å². The van der Waals surface area contributed by atoms with Crippen LogP contribution in [0.5, 0.6) is 0 Å². The maximum atomic E-state index is 6.41. The standard InChI is InChI=1S/C14H23Cl/c1-6-11-7-10(2)8-12(9-13(11)15)14(3,4)5/h7,9-10,13H,6,8H2,1-5H3. The Morgan fingerprint density at radius 3 is 2.40 bits per heavy atom. The van der Waals surface area contributed by atoms with Crippen LogP contribution in [0.1, 0.15) is 47.5 Å². The average Bonchev–Trinajstić information content (AvgIpc) is 2.24. The summed E-state index contributed by atoms with van der Waals surface area (Å²) in [5.41, 5.74) is 3.12. The number of rotatable bonds is 1. The lowest BCUT2D eigenvalue weighted by Crippen LogP contribution is -2.12. The number of halogens is 1. The van der Waals surface area contributed by atoms with Crippen molar-refractivity contribution in [3.8, 4) is 0 Å².